The topological polar surface area (TPSA) is 23.8 Å². The predicted octanol–water partition coefficient (Wildman–Crippen LogP) is 5.96. The highest BCUT2D eigenvalue weighted by Crippen LogP contribution is 2.30. The van der Waals surface area contributed by atoms with E-state index in [4.69, 9.17) is 23.2 Å². The number of halogens is 2. The molecule has 0 heterocycles. The van der Waals surface area contributed by atoms with Gasteiger partial charge in [-0.05, 0) is 24.1 Å². The third-order valence-electron chi connectivity index (χ3n) is 3.09. The Kier molecular flexibility index (Phi) is 7.16. The molecule has 1 atom stereocenters. The van der Waals surface area contributed by atoms with Crippen molar-refractivity contribution in [1.29, 1.82) is 5.26 Å². The molecule has 1 rings (SSSR count). The highest BCUT2D eigenvalue weighted by Gasteiger charge is 2.13. The molecule has 0 unspecified atom stereocenters. The van der Waals surface area contributed by atoms with Crippen LogP contribution in [0.5, 0.6) is 0 Å². The van der Waals surface area contributed by atoms with Crippen molar-refractivity contribution in [3.63, 3.8) is 0 Å². The average Bonchev–Trinajstić information content (AvgIpc) is 2.35. The van der Waals surface area contributed by atoms with Crippen LogP contribution in [0.4, 0.5) is 0 Å². The van der Waals surface area contributed by atoms with E-state index in [9.17, 15) is 5.26 Å². The van der Waals surface area contributed by atoms with Gasteiger partial charge in [0.05, 0.1) is 12.0 Å². The maximum absolute atomic E-state index is 9.23. The smallest absolute Gasteiger partial charge is 0.0727 e. The first-order valence-corrected chi connectivity index (χ1v) is 7.29. The summed E-state index contributed by atoms with van der Waals surface area (Å²) in [5.74, 6) is -0.114. The number of unbranched alkanes of at least 4 members (excludes halogenated alkanes) is 4. The molecule has 1 nitrogen and oxygen atoms in total. The van der Waals surface area contributed by atoms with Crippen LogP contribution >= 0.6 is 23.2 Å². The zero-order valence-electron chi connectivity index (χ0n) is 10.8. The summed E-state index contributed by atoms with van der Waals surface area (Å²) in [6.45, 7) is 2.20. The van der Waals surface area contributed by atoms with Gasteiger partial charge in [0.15, 0.2) is 0 Å². The molecule has 1 aromatic carbocycles. The zero-order valence-corrected chi connectivity index (χ0v) is 12.3. The molecule has 0 aliphatic carbocycles. The van der Waals surface area contributed by atoms with Crippen LogP contribution < -0.4 is 0 Å². The van der Waals surface area contributed by atoms with Gasteiger partial charge < -0.3 is 0 Å². The van der Waals surface area contributed by atoms with Gasteiger partial charge in [0, 0.05) is 10.0 Å². The second-order valence-corrected chi connectivity index (χ2v) is 5.39. The zero-order chi connectivity index (χ0) is 13.4. The highest BCUT2D eigenvalue weighted by molar-refractivity contribution is 6.35. The Balaban J connectivity index is 2.53. The highest BCUT2D eigenvalue weighted by atomic mass is 35.5. The molecule has 0 aromatic heterocycles. The molecule has 0 N–H and O–H groups in total. The van der Waals surface area contributed by atoms with E-state index < -0.39 is 0 Å². The van der Waals surface area contributed by atoms with Crippen molar-refractivity contribution >= 4 is 23.2 Å². The fraction of sp³-hybridized carbons (Fsp3) is 0.533. The van der Waals surface area contributed by atoms with Crippen LogP contribution in [0.25, 0.3) is 0 Å². The van der Waals surface area contributed by atoms with Crippen molar-refractivity contribution in [3.05, 3.63) is 33.8 Å². The maximum Gasteiger partial charge on any atom is 0.0727 e. The number of nitriles is 1. The first-order valence-electron chi connectivity index (χ1n) is 6.53. The summed E-state index contributed by atoms with van der Waals surface area (Å²) in [7, 11) is 0. The molecule has 0 saturated carbocycles. The second-order valence-electron chi connectivity index (χ2n) is 4.55. The van der Waals surface area contributed by atoms with Crippen molar-refractivity contribution in [2.24, 2.45) is 0 Å². The molecule has 0 amide bonds. The fourth-order valence-electron chi connectivity index (χ4n) is 2.03. The summed E-state index contributed by atoms with van der Waals surface area (Å²) in [5.41, 5.74) is 0.902. The third-order valence-corrected chi connectivity index (χ3v) is 3.65. The standard InChI is InChI=1S/C15H19Cl2N/c1-2-3-4-5-6-7-12(11-18)14-9-8-13(16)10-15(14)17/h8-10,12H,2-7H2,1H3/t12-/m0/s1. The van der Waals surface area contributed by atoms with Crippen LogP contribution in [0, 0.1) is 11.3 Å². The van der Waals surface area contributed by atoms with Crippen molar-refractivity contribution in [1.82, 2.24) is 0 Å². The molecule has 0 aliphatic heterocycles. The number of hydrogen-bond donors (Lipinski definition) is 0. The fourth-order valence-corrected chi connectivity index (χ4v) is 2.57. The molecular formula is C15H19Cl2N. The van der Waals surface area contributed by atoms with E-state index in [1.165, 1.54) is 25.7 Å². The summed E-state index contributed by atoms with van der Waals surface area (Å²) in [4.78, 5) is 0. The van der Waals surface area contributed by atoms with Gasteiger partial charge in [-0.1, -0.05) is 68.3 Å². The Morgan fingerprint density at radius 1 is 1.17 bits per heavy atom. The maximum atomic E-state index is 9.23. The molecule has 0 spiro atoms. The normalized spacial score (nSPS) is 12.1. The Morgan fingerprint density at radius 3 is 2.50 bits per heavy atom. The van der Waals surface area contributed by atoms with Crippen LogP contribution in [-0.4, -0.2) is 0 Å². The summed E-state index contributed by atoms with van der Waals surface area (Å²) in [5, 5.41) is 10.4. The largest absolute Gasteiger partial charge is 0.198 e. The Bertz CT molecular complexity index is 409. The van der Waals surface area contributed by atoms with Gasteiger partial charge in [-0.25, -0.2) is 0 Å². The lowest BCUT2D eigenvalue weighted by molar-refractivity contribution is 0.589. The Morgan fingerprint density at radius 2 is 1.89 bits per heavy atom. The molecule has 3 heteroatoms. The monoisotopic (exact) mass is 283 g/mol. The number of benzene rings is 1. The van der Waals surface area contributed by atoms with Gasteiger partial charge in [-0.15, -0.1) is 0 Å². The third kappa shape index (κ3) is 4.88. The number of hydrogen-bond acceptors (Lipinski definition) is 1. The average molecular weight is 284 g/mol. The van der Waals surface area contributed by atoms with E-state index in [0.29, 0.717) is 10.0 Å². The van der Waals surface area contributed by atoms with E-state index in [0.717, 1.165) is 18.4 Å². The molecule has 0 aliphatic rings. The van der Waals surface area contributed by atoms with E-state index in [1.54, 1.807) is 12.1 Å². The van der Waals surface area contributed by atoms with Crippen LogP contribution in [-0.2, 0) is 0 Å². The van der Waals surface area contributed by atoms with E-state index in [1.807, 2.05) is 6.07 Å². The second kappa shape index (κ2) is 8.40. The first-order chi connectivity index (χ1) is 8.69. The van der Waals surface area contributed by atoms with E-state index in [2.05, 4.69) is 13.0 Å². The van der Waals surface area contributed by atoms with Crippen LogP contribution in [0.2, 0.25) is 10.0 Å². The minimum Gasteiger partial charge on any atom is -0.198 e. The molecule has 98 valence electrons. The molecule has 0 saturated heterocycles. The predicted molar refractivity (Wildman–Crippen MR) is 78.2 cm³/mol. The molecular weight excluding hydrogens is 265 g/mol. The molecule has 0 radical (unpaired) electrons. The minimum atomic E-state index is -0.114. The molecule has 0 bridgehead atoms. The Hall–Kier alpha value is -0.710. The van der Waals surface area contributed by atoms with Gasteiger partial charge in [0.1, 0.15) is 0 Å². The Labute approximate surface area is 120 Å². The SMILES string of the molecule is CCCCCCC[C@@H](C#N)c1ccc(Cl)cc1Cl. The quantitative estimate of drug-likeness (QED) is 0.566. The lowest BCUT2D eigenvalue weighted by Gasteiger charge is -2.11. The summed E-state index contributed by atoms with van der Waals surface area (Å²) in [6.07, 6.45) is 6.92. The lowest BCUT2D eigenvalue weighted by atomic mass is 9.94. The molecule has 1 aromatic rings. The summed E-state index contributed by atoms with van der Waals surface area (Å²) >= 11 is 12.0. The van der Waals surface area contributed by atoms with Crippen LogP contribution in [0.3, 0.4) is 0 Å². The minimum absolute atomic E-state index is 0.114. The van der Waals surface area contributed by atoms with Gasteiger partial charge in [0.25, 0.3) is 0 Å². The summed E-state index contributed by atoms with van der Waals surface area (Å²) in [6, 6.07) is 7.71. The van der Waals surface area contributed by atoms with Crippen molar-refractivity contribution < 1.29 is 0 Å². The number of nitrogens with zero attached hydrogens (tertiary/aromatic N) is 1. The van der Waals surface area contributed by atoms with Crippen molar-refractivity contribution in [3.8, 4) is 6.07 Å². The molecule has 0 fully saturated rings. The van der Waals surface area contributed by atoms with Gasteiger partial charge >= 0.3 is 0 Å². The number of rotatable bonds is 7. The van der Waals surface area contributed by atoms with Crippen LogP contribution in [0.1, 0.15) is 56.9 Å². The lowest BCUT2D eigenvalue weighted by Crippen LogP contribution is -1.97. The van der Waals surface area contributed by atoms with E-state index >= 15 is 0 Å². The van der Waals surface area contributed by atoms with Gasteiger partial charge in [-0.2, -0.15) is 5.26 Å². The van der Waals surface area contributed by atoms with Crippen LogP contribution in [0.15, 0.2) is 18.2 Å². The van der Waals surface area contributed by atoms with Gasteiger partial charge in [-0.3, -0.25) is 0 Å². The van der Waals surface area contributed by atoms with Gasteiger partial charge in [0.2, 0.25) is 0 Å². The van der Waals surface area contributed by atoms with Crippen molar-refractivity contribution in [2.75, 3.05) is 0 Å². The first kappa shape index (κ1) is 15.3. The van der Waals surface area contributed by atoms with Crippen molar-refractivity contribution in [2.45, 2.75) is 51.4 Å². The molecule has 18 heavy (non-hydrogen) atoms. The summed E-state index contributed by atoms with van der Waals surface area (Å²) < 4.78 is 0. The van der Waals surface area contributed by atoms with E-state index in [-0.39, 0.29) is 5.92 Å².